The van der Waals surface area contributed by atoms with Crippen LogP contribution in [0.5, 0.6) is 0 Å². The molecule has 0 fully saturated rings. The van der Waals surface area contributed by atoms with Crippen LogP contribution in [0.2, 0.25) is 5.02 Å². The van der Waals surface area contributed by atoms with Gasteiger partial charge in [-0.2, -0.15) is 0 Å². The quantitative estimate of drug-likeness (QED) is 0.815. The van der Waals surface area contributed by atoms with E-state index in [2.05, 4.69) is 0 Å². The Hall–Kier alpha value is -0.640. The third kappa shape index (κ3) is 2.44. The Morgan fingerprint density at radius 3 is 2.71 bits per heavy atom. The predicted octanol–water partition coefficient (Wildman–Crippen LogP) is 2.11. The molecule has 0 saturated carbocycles. The van der Waals surface area contributed by atoms with Crippen LogP contribution >= 0.6 is 11.6 Å². The van der Waals surface area contributed by atoms with Gasteiger partial charge in [0.15, 0.2) is 0 Å². The highest BCUT2D eigenvalue weighted by atomic mass is 35.5. The molecule has 0 amide bonds. The van der Waals surface area contributed by atoms with Crippen molar-refractivity contribution in [2.24, 2.45) is 11.7 Å². The van der Waals surface area contributed by atoms with Gasteiger partial charge in [0.2, 0.25) is 0 Å². The summed E-state index contributed by atoms with van der Waals surface area (Å²) >= 11 is 5.59. The molecule has 4 heteroatoms. The molecule has 0 aliphatic rings. The van der Waals surface area contributed by atoms with Crippen molar-refractivity contribution in [1.29, 1.82) is 0 Å². The topological polar surface area (TPSA) is 46.2 Å². The molecule has 0 aliphatic carbocycles. The lowest BCUT2D eigenvalue weighted by atomic mass is 9.98. The summed E-state index contributed by atoms with van der Waals surface area (Å²) in [6, 6.07) is 4.18. The Labute approximate surface area is 87.5 Å². The SMILES string of the molecule is CC(CN)C(O)c1ccc(F)c(Cl)c1. The summed E-state index contributed by atoms with van der Waals surface area (Å²) < 4.78 is 12.8. The van der Waals surface area contributed by atoms with Crippen molar-refractivity contribution in [3.8, 4) is 0 Å². The molecule has 0 heterocycles. The van der Waals surface area contributed by atoms with Gasteiger partial charge in [0.05, 0.1) is 11.1 Å². The van der Waals surface area contributed by atoms with E-state index in [1.165, 1.54) is 18.2 Å². The van der Waals surface area contributed by atoms with Crippen molar-refractivity contribution in [3.05, 3.63) is 34.6 Å². The van der Waals surface area contributed by atoms with Gasteiger partial charge in [-0.05, 0) is 30.2 Å². The first kappa shape index (κ1) is 11.4. The third-order valence-electron chi connectivity index (χ3n) is 2.20. The van der Waals surface area contributed by atoms with Crippen LogP contribution in [0, 0.1) is 11.7 Å². The van der Waals surface area contributed by atoms with Gasteiger partial charge < -0.3 is 10.8 Å². The molecule has 3 N–H and O–H groups in total. The normalized spacial score (nSPS) is 15.2. The minimum atomic E-state index is -0.696. The predicted molar refractivity (Wildman–Crippen MR) is 54.6 cm³/mol. The lowest BCUT2D eigenvalue weighted by molar-refractivity contribution is 0.121. The van der Waals surface area contributed by atoms with E-state index < -0.39 is 11.9 Å². The summed E-state index contributed by atoms with van der Waals surface area (Å²) in [7, 11) is 0. The van der Waals surface area contributed by atoms with Gasteiger partial charge in [-0.3, -0.25) is 0 Å². The Bertz CT molecular complexity index is 319. The van der Waals surface area contributed by atoms with Gasteiger partial charge in [0.1, 0.15) is 5.82 Å². The molecule has 1 rings (SSSR count). The average Bonchev–Trinajstić information content (AvgIpc) is 2.20. The zero-order chi connectivity index (χ0) is 10.7. The van der Waals surface area contributed by atoms with Crippen LogP contribution in [0.15, 0.2) is 18.2 Å². The van der Waals surface area contributed by atoms with Crippen LogP contribution < -0.4 is 5.73 Å². The van der Waals surface area contributed by atoms with Gasteiger partial charge in [0, 0.05) is 0 Å². The smallest absolute Gasteiger partial charge is 0.141 e. The maximum Gasteiger partial charge on any atom is 0.141 e. The fourth-order valence-corrected chi connectivity index (χ4v) is 1.34. The summed E-state index contributed by atoms with van der Waals surface area (Å²) in [4.78, 5) is 0. The van der Waals surface area contributed by atoms with Crippen molar-refractivity contribution < 1.29 is 9.50 Å². The molecule has 2 nitrogen and oxygen atoms in total. The van der Waals surface area contributed by atoms with Crippen LogP contribution in [-0.4, -0.2) is 11.7 Å². The van der Waals surface area contributed by atoms with Crippen molar-refractivity contribution >= 4 is 11.6 Å². The number of benzene rings is 1. The van der Waals surface area contributed by atoms with E-state index >= 15 is 0 Å². The Morgan fingerprint density at radius 2 is 2.21 bits per heavy atom. The van der Waals surface area contributed by atoms with Crippen LogP contribution in [-0.2, 0) is 0 Å². The number of nitrogens with two attached hydrogens (primary N) is 1. The van der Waals surface area contributed by atoms with E-state index in [1.807, 2.05) is 6.92 Å². The molecule has 1 aromatic carbocycles. The molecule has 2 atom stereocenters. The number of hydrogen-bond donors (Lipinski definition) is 2. The number of halogens is 2. The van der Waals surface area contributed by atoms with E-state index in [0.717, 1.165) is 0 Å². The van der Waals surface area contributed by atoms with Gasteiger partial charge >= 0.3 is 0 Å². The van der Waals surface area contributed by atoms with Crippen LogP contribution in [0.4, 0.5) is 4.39 Å². The van der Waals surface area contributed by atoms with E-state index in [0.29, 0.717) is 12.1 Å². The van der Waals surface area contributed by atoms with Crippen molar-refractivity contribution in [1.82, 2.24) is 0 Å². The summed E-state index contributed by atoms with van der Waals surface area (Å²) in [6.45, 7) is 2.19. The monoisotopic (exact) mass is 217 g/mol. The third-order valence-corrected chi connectivity index (χ3v) is 2.49. The molecule has 0 radical (unpaired) electrons. The average molecular weight is 218 g/mol. The Morgan fingerprint density at radius 1 is 1.57 bits per heavy atom. The molecule has 0 saturated heterocycles. The second-order valence-corrected chi connectivity index (χ2v) is 3.74. The van der Waals surface area contributed by atoms with Gasteiger partial charge in [0.25, 0.3) is 0 Å². The fraction of sp³-hybridized carbons (Fsp3) is 0.400. The number of aliphatic hydroxyl groups excluding tert-OH is 1. The highest BCUT2D eigenvalue weighted by Crippen LogP contribution is 2.25. The first-order valence-corrected chi connectivity index (χ1v) is 4.77. The molecular formula is C10H13ClFNO. The zero-order valence-corrected chi connectivity index (χ0v) is 8.63. The maximum absolute atomic E-state index is 12.8. The second kappa shape index (κ2) is 4.73. The van der Waals surface area contributed by atoms with E-state index in [-0.39, 0.29) is 10.9 Å². The van der Waals surface area contributed by atoms with Crippen LogP contribution in [0.25, 0.3) is 0 Å². The highest BCUT2D eigenvalue weighted by molar-refractivity contribution is 6.30. The summed E-state index contributed by atoms with van der Waals surface area (Å²) in [6.07, 6.45) is -0.696. The number of rotatable bonds is 3. The molecule has 0 aliphatic heterocycles. The molecule has 0 aromatic heterocycles. The van der Waals surface area contributed by atoms with E-state index in [4.69, 9.17) is 17.3 Å². The number of hydrogen-bond acceptors (Lipinski definition) is 2. The summed E-state index contributed by atoms with van der Waals surface area (Å²) in [5.74, 6) is -0.556. The molecule has 2 unspecified atom stereocenters. The van der Waals surface area contributed by atoms with Gasteiger partial charge in [-0.25, -0.2) is 4.39 Å². The standard InChI is InChI=1S/C10H13ClFNO/c1-6(5-13)10(14)7-2-3-9(12)8(11)4-7/h2-4,6,10,14H,5,13H2,1H3. The molecule has 78 valence electrons. The Kier molecular flexibility index (Phi) is 3.86. The fourth-order valence-electron chi connectivity index (χ4n) is 1.15. The van der Waals surface area contributed by atoms with Crippen LogP contribution in [0.3, 0.4) is 0 Å². The van der Waals surface area contributed by atoms with Gasteiger partial charge in [-0.15, -0.1) is 0 Å². The van der Waals surface area contributed by atoms with Crippen LogP contribution in [0.1, 0.15) is 18.6 Å². The lowest BCUT2D eigenvalue weighted by Gasteiger charge is -2.17. The second-order valence-electron chi connectivity index (χ2n) is 3.33. The summed E-state index contributed by atoms with van der Waals surface area (Å²) in [5, 5.41) is 9.76. The molecule has 14 heavy (non-hydrogen) atoms. The minimum absolute atomic E-state index is 0.0192. The molecule has 0 bridgehead atoms. The van der Waals surface area contributed by atoms with Crippen molar-refractivity contribution in [3.63, 3.8) is 0 Å². The zero-order valence-electron chi connectivity index (χ0n) is 7.87. The lowest BCUT2D eigenvalue weighted by Crippen LogP contribution is -2.18. The molecule has 0 spiro atoms. The van der Waals surface area contributed by atoms with E-state index in [1.54, 1.807) is 0 Å². The first-order valence-electron chi connectivity index (χ1n) is 4.39. The maximum atomic E-state index is 12.8. The highest BCUT2D eigenvalue weighted by Gasteiger charge is 2.15. The molecular weight excluding hydrogens is 205 g/mol. The summed E-state index contributed by atoms with van der Waals surface area (Å²) in [5.41, 5.74) is 6.00. The van der Waals surface area contributed by atoms with E-state index in [9.17, 15) is 9.50 Å². The number of aliphatic hydroxyl groups is 1. The molecule has 1 aromatic rings. The van der Waals surface area contributed by atoms with Crippen molar-refractivity contribution in [2.75, 3.05) is 6.54 Å². The van der Waals surface area contributed by atoms with Gasteiger partial charge in [-0.1, -0.05) is 24.6 Å². The van der Waals surface area contributed by atoms with Crippen molar-refractivity contribution in [2.45, 2.75) is 13.0 Å². The largest absolute Gasteiger partial charge is 0.388 e. The minimum Gasteiger partial charge on any atom is -0.388 e. The Balaban J connectivity index is 2.91. The first-order chi connectivity index (χ1) is 6.56.